The molecule has 0 radical (unpaired) electrons. The first-order valence-electron chi connectivity index (χ1n) is 10.6. The number of rotatable bonds is 5. The number of ether oxygens (including phenoxy) is 1. The van der Waals surface area contributed by atoms with Crippen LogP contribution in [0.5, 0.6) is 0 Å². The van der Waals surface area contributed by atoms with E-state index in [1.165, 1.54) is 0 Å². The molecule has 2 aromatic heterocycles. The van der Waals surface area contributed by atoms with Crippen molar-refractivity contribution < 1.29 is 14.3 Å². The Morgan fingerprint density at radius 3 is 2.30 bits per heavy atom. The summed E-state index contributed by atoms with van der Waals surface area (Å²) in [6, 6.07) is 19.3. The van der Waals surface area contributed by atoms with Crippen LogP contribution in [0.15, 0.2) is 72.9 Å². The summed E-state index contributed by atoms with van der Waals surface area (Å²) in [5.74, 6) is 0.792. The Kier molecular flexibility index (Phi) is 5.69. The van der Waals surface area contributed by atoms with Gasteiger partial charge in [-0.2, -0.15) is 9.61 Å². The van der Waals surface area contributed by atoms with E-state index in [0.717, 1.165) is 18.9 Å². The van der Waals surface area contributed by atoms with Gasteiger partial charge in [0.15, 0.2) is 5.65 Å². The monoisotopic (exact) mass is 442 g/mol. The first-order valence-corrected chi connectivity index (χ1v) is 10.6. The van der Waals surface area contributed by atoms with Gasteiger partial charge in [0.05, 0.1) is 19.4 Å². The van der Waals surface area contributed by atoms with Crippen molar-refractivity contribution in [2.75, 3.05) is 41.8 Å². The Morgan fingerprint density at radius 1 is 0.848 bits per heavy atom. The van der Waals surface area contributed by atoms with E-state index in [1.807, 2.05) is 24.3 Å². The first-order chi connectivity index (χ1) is 16.2. The van der Waals surface area contributed by atoms with Gasteiger partial charge < -0.3 is 20.3 Å². The van der Waals surface area contributed by atoms with Crippen LogP contribution in [0.4, 0.5) is 17.3 Å². The topological polar surface area (TPSA) is 101 Å². The lowest BCUT2D eigenvalue weighted by Gasteiger charge is -2.29. The number of benzene rings is 2. The predicted octanol–water partition coefficient (Wildman–Crippen LogP) is 3.07. The van der Waals surface area contributed by atoms with E-state index in [9.17, 15) is 9.59 Å². The molecule has 1 aliphatic rings. The molecule has 9 nitrogen and oxygen atoms in total. The van der Waals surface area contributed by atoms with Crippen molar-refractivity contribution in [1.29, 1.82) is 0 Å². The summed E-state index contributed by atoms with van der Waals surface area (Å²) in [6.07, 6.45) is 1.68. The third-order valence-electron chi connectivity index (χ3n) is 5.36. The molecule has 166 valence electrons. The molecule has 9 heteroatoms. The number of morpholine rings is 1. The lowest BCUT2D eigenvalue weighted by Crippen LogP contribution is -2.37. The SMILES string of the molecule is O=C(Nc1ccc(C(=O)Nc2cc(N3CCOCC3)n3nccc3n2)cc1)c1ccccc1. The summed E-state index contributed by atoms with van der Waals surface area (Å²) in [7, 11) is 0. The number of hydrogen-bond acceptors (Lipinski definition) is 6. The van der Waals surface area contributed by atoms with E-state index in [2.05, 4.69) is 25.6 Å². The maximum Gasteiger partial charge on any atom is 0.256 e. The average Bonchev–Trinajstić information content (AvgIpc) is 3.34. The molecule has 2 N–H and O–H groups in total. The van der Waals surface area contributed by atoms with Crippen LogP contribution in [0.1, 0.15) is 20.7 Å². The minimum Gasteiger partial charge on any atom is -0.378 e. The Bertz CT molecular complexity index is 1280. The van der Waals surface area contributed by atoms with Gasteiger partial charge in [0.2, 0.25) is 0 Å². The second-order valence-electron chi connectivity index (χ2n) is 7.55. The van der Waals surface area contributed by atoms with Crippen molar-refractivity contribution in [3.8, 4) is 0 Å². The van der Waals surface area contributed by atoms with Crippen LogP contribution in [0.2, 0.25) is 0 Å². The van der Waals surface area contributed by atoms with Crippen LogP contribution in [-0.4, -0.2) is 52.7 Å². The largest absolute Gasteiger partial charge is 0.378 e. The Morgan fingerprint density at radius 2 is 1.55 bits per heavy atom. The highest BCUT2D eigenvalue weighted by Gasteiger charge is 2.18. The number of fused-ring (bicyclic) bond motifs is 1. The molecule has 3 heterocycles. The first kappa shape index (κ1) is 20.7. The molecular formula is C24H22N6O3. The molecule has 1 aliphatic heterocycles. The number of anilines is 3. The number of aromatic nitrogens is 3. The zero-order valence-corrected chi connectivity index (χ0v) is 17.8. The quantitative estimate of drug-likeness (QED) is 0.493. The molecule has 1 fully saturated rings. The van der Waals surface area contributed by atoms with Crippen molar-refractivity contribution in [3.63, 3.8) is 0 Å². The molecule has 0 bridgehead atoms. The number of carbonyl (C=O) groups excluding carboxylic acids is 2. The van der Waals surface area contributed by atoms with Crippen LogP contribution in [-0.2, 0) is 4.74 Å². The molecular weight excluding hydrogens is 420 g/mol. The van der Waals surface area contributed by atoms with Gasteiger partial charge in [-0.15, -0.1) is 0 Å². The number of hydrogen-bond donors (Lipinski definition) is 2. The van der Waals surface area contributed by atoms with Gasteiger partial charge >= 0.3 is 0 Å². The molecule has 33 heavy (non-hydrogen) atoms. The van der Waals surface area contributed by atoms with Gasteiger partial charge in [0.25, 0.3) is 11.8 Å². The molecule has 0 spiro atoms. The molecule has 2 amide bonds. The summed E-state index contributed by atoms with van der Waals surface area (Å²) < 4.78 is 7.20. The highest BCUT2D eigenvalue weighted by Crippen LogP contribution is 2.22. The molecule has 0 aliphatic carbocycles. The highest BCUT2D eigenvalue weighted by atomic mass is 16.5. The van der Waals surface area contributed by atoms with E-state index >= 15 is 0 Å². The highest BCUT2D eigenvalue weighted by molar-refractivity contribution is 6.06. The fraction of sp³-hybridized carbons (Fsp3) is 0.167. The molecule has 4 aromatic rings. The Labute approximate surface area is 190 Å². The maximum atomic E-state index is 12.8. The number of carbonyl (C=O) groups is 2. The maximum absolute atomic E-state index is 12.8. The van der Waals surface area contributed by atoms with E-state index in [-0.39, 0.29) is 11.8 Å². The van der Waals surface area contributed by atoms with Crippen LogP contribution in [0.3, 0.4) is 0 Å². The summed E-state index contributed by atoms with van der Waals surface area (Å²) in [5, 5.41) is 10.0. The van der Waals surface area contributed by atoms with E-state index in [1.54, 1.807) is 53.2 Å². The minimum atomic E-state index is -0.291. The molecule has 0 atom stereocenters. The fourth-order valence-electron chi connectivity index (χ4n) is 3.66. The third kappa shape index (κ3) is 4.53. The summed E-state index contributed by atoms with van der Waals surface area (Å²) in [5.41, 5.74) is 2.27. The normalized spacial score (nSPS) is 13.6. The summed E-state index contributed by atoms with van der Waals surface area (Å²) in [4.78, 5) is 31.8. The van der Waals surface area contributed by atoms with Gasteiger partial charge in [-0.05, 0) is 36.4 Å². The molecule has 2 aromatic carbocycles. The third-order valence-corrected chi connectivity index (χ3v) is 5.36. The average molecular weight is 442 g/mol. The van der Waals surface area contributed by atoms with Gasteiger partial charge in [-0.3, -0.25) is 9.59 Å². The lowest BCUT2D eigenvalue weighted by atomic mass is 10.1. The van der Waals surface area contributed by atoms with Gasteiger partial charge in [-0.1, -0.05) is 18.2 Å². The van der Waals surface area contributed by atoms with Crippen molar-refractivity contribution in [3.05, 3.63) is 84.1 Å². The molecule has 1 saturated heterocycles. The van der Waals surface area contributed by atoms with E-state index in [4.69, 9.17) is 4.74 Å². The number of amides is 2. The van der Waals surface area contributed by atoms with E-state index in [0.29, 0.717) is 41.5 Å². The minimum absolute atomic E-state index is 0.207. The second-order valence-corrected chi connectivity index (χ2v) is 7.55. The second kappa shape index (κ2) is 9.09. The molecule has 5 rings (SSSR count). The smallest absolute Gasteiger partial charge is 0.256 e. The zero-order valence-electron chi connectivity index (χ0n) is 17.8. The standard InChI is InChI=1S/C24H22N6O3/c31-23(17-4-2-1-3-5-17)26-19-8-6-18(7-9-19)24(32)28-20-16-22(29-12-14-33-15-13-29)30-21(27-20)10-11-25-30/h1-11,16H,12-15H2,(H,26,31)(H,27,28,32). The summed E-state index contributed by atoms with van der Waals surface area (Å²) >= 11 is 0. The lowest BCUT2D eigenvalue weighted by molar-refractivity contribution is 0.101. The zero-order chi connectivity index (χ0) is 22.6. The Balaban J connectivity index is 1.31. The van der Waals surface area contributed by atoms with Crippen molar-refractivity contribution in [1.82, 2.24) is 14.6 Å². The van der Waals surface area contributed by atoms with Crippen molar-refractivity contribution in [2.45, 2.75) is 0 Å². The van der Waals surface area contributed by atoms with E-state index < -0.39 is 0 Å². The Hall–Kier alpha value is -4.24. The van der Waals surface area contributed by atoms with Crippen LogP contribution < -0.4 is 15.5 Å². The van der Waals surface area contributed by atoms with Crippen LogP contribution in [0, 0.1) is 0 Å². The molecule has 0 unspecified atom stereocenters. The van der Waals surface area contributed by atoms with Crippen LogP contribution in [0.25, 0.3) is 5.65 Å². The number of nitrogens with zero attached hydrogens (tertiary/aromatic N) is 4. The number of nitrogens with one attached hydrogen (secondary N) is 2. The van der Waals surface area contributed by atoms with Gasteiger partial charge in [0, 0.05) is 42.0 Å². The predicted molar refractivity (Wildman–Crippen MR) is 125 cm³/mol. The van der Waals surface area contributed by atoms with Gasteiger partial charge in [0.1, 0.15) is 11.6 Å². The molecule has 0 saturated carbocycles. The van der Waals surface area contributed by atoms with Gasteiger partial charge in [-0.25, -0.2) is 4.98 Å². The van der Waals surface area contributed by atoms with Crippen LogP contribution >= 0.6 is 0 Å². The van der Waals surface area contributed by atoms with Crippen molar-refractivity contribution in [2.24, 2.45) is 0 Å². The summed E-state index contributed by atoms with van der Waals surface area (Å²) in [6.45, 7) is 2.75. The fourth-order valence-corrected chi connectivity index (χ4v) is 3.66. The van der Waals surface area contributed by atoms with Crippen molar-refractivity contribution >= 4 is 34.8 Å².